The molecule has 1 aliphatic rings. The lowest BCUT2D eigenvalue weighted by atomic mass is 9.71. The molecule has 1 fully saturated rings. The van der Waals surface area contributed by atoms with E-state index in [4.69, 9.17) is 0 Å². The molecular weight excluding hydrogens is 314 g/mol. The van der Waals surface area contributed by atoms with Gasteiger partial charge in [-0.3, -0.25) is 0 Å². The third kappa shape index (κ3) is 3.72. The summed E-state index contributed by atoms with van der Waals surface area (Å²) >= 11 is 3.62. The highest BCUT2D eigenvalue weighted by atomic mass is 79.9. The van der Waals surface area contributed by atoms with E-state index < -0.39 is 0 Å². The van der Waals surface area contributed by atoms with E-state index in [0.717, 1.165) is 28.3 Å². The molecule has 0 aliphatic heterocycles. The second-order valence-electron chi connectivity index (χ2n) is 6.90. The second kappa shape index (κ2) is 6.42. The molecular formula is C16H26BrN3. The van der Waals surface area contributed by atoms with Gasteiger partial charge in [0.25, 0.3) is 0 Å². The Balaban J connectivity index is 1.96. The van der Waals surface area contributed by atoms with Crippen LogP contribution in [0.3, 0.4) is 0 Å². The van der Waals surface area contributed by atoms with Crippen molar-refractivity contribution < 1.29 is 0 Å². The van der Waals surface area contributed by atoms with Crippen LogP contribution in [0.15, 0.2) is 10.8 Å². The van der Waals surface area contributed by atoms with Gasteiger partial charge in [-0.25, -0.2) is 9.97 Å². The van der Waals surface area contributed by atoms with Crippen LogP contribution in [-0.2, 0) is 6.42 Å². The fourth-order valence-corrected chi connectivity index (χ4v) is 3.65. The van der Waals surface area contributed by atoms with Crippen molar-refractivity contribution in [2.45, 2.75) is 65.8 Å². The Labute approximate surface area is 131 Å². The zero-order chi connectivity index (χ0) is 14.8. The molecule has 0 bridgehead atoms. The first-order valence-electron chi connectivity index (χ1n) is 7.67. The Hall–Kier alpha value is -0.640. The monoisotopic (exact) mass is 339 g/mol. The van der Waals surface area contributed by atoms with Gasteiger partial charge in [0.1, 0.15) is 12.1 Å². The molecule has 3 nitrogen and oxygen atoms in total. The smallest absolute Gasteiger partial charge is 0.144 e. The highest BCUT2D eigenvalue weighted by molar-refractivity contribution is 9.10. The lowest BCUT2D eigenvalue weighted by Gasteiger charge is -2.37. The van der Waals surface area contributed by atoms with Gasteiger partial charge < -0.3 is 5.32 Å². The fourth-order valence-electron chi connectivity index (χ4n) is 3.05. The van der Waals surface area contributed by atoms with E-state index in [1.165, 1.54) is 25.7 Å². The summed E-state index contributed by atoms with van der Waals surface area (Å²) in [6.07, 6.45) is 7.68. The summed E-state index contributed by atoms with van der Waals surface area (Å²) in [4.78, 5) is 8.68. The third-order valence-electron chi connectivity index (χ3n) is 4.49. The van der Waals surface area contributed by atoms with Crippen LogP contribution in [0.2, 0.25) is 0 Å². The molecule has 1 N–H and O–H groups in total. The standard InChI is InChI=1S/C16H26BrN3/c1-5-13-14(17)15(19-10-18-13)20-12-8-6-11(7-9-12)16(2,3)4/h10-12H,5-9H2,1-4H3,(H,18,19,20)/t11-,12+. The van der Waals surface area contributed by atoms with Crippen LogP contribution in [0.5, 0.6) is 0 Å². The lowest BCUT2D eigenvalue weighted by Crippen LogP contribution is -2.32. The Morgan fingerprint density at radius 3 is 2.40 bits per heavy atom. The first-order valence-corrected chi connectivity index (χ1v) is 8.47. The van der Waals surface area contributed by atoms with Crippen LogP contribution in [0, 0.1) is 11.3 Å². The Bertz CT molecular complexity index is 446. The summed E-state index contributed by atoms with van der Waals surface area (Å²) in [6.45, 7) is 9.20. The molecule has 1 aliphatic carbocycles. The highest BCUT2D eigenvalue weighted by Gasteiger charge is 2.29. The number of hydrogen-bond acceptors (Lipinski definition) is 3. The van der Waals surface area contributed by atoms with E-state index >= 15 is 0 Å². The summed E-state index contributed by atoms with van der Waals surface area (Å²) in [5.41, 5.74) is 1.52. The fraction of sp³-hybridized carbons (Fsp3) is 0.750. The minimum absolute atomic E-state index is 0.440. The predicted molar refractivity (Wildman–Crippen MR) is 87.9 cm³/mol. The number of aromatic nitrogens is 2. The highest BCUT2D eigenvalue weighted by Crippen LogP contribution is 2.38. The summed E-state index contributed by atoms with van der Waals surface area (Å²) < 4.78 is 1.03. The van der Waals surface area contributed by atoms with E-state index in [1.807, 2.05) is 0 Å². The van der Waals surface area contributed by atoms with E-state index in [2.05, 4.69) is 58.9 Å². The molecule has 0 amide bonds. The Morgan fingerprint density at radius 1 is 1.20 bits per heavy atom. The van der Waals surface area contributed by atoms with Crippen molar-refractivity contribution in [3.05, 3.63) is 16.5 Å². The number of hydrogen-bond donors (Lipinski definition) is 1. The Morgan fingerprint density at radius 2 is 1.85 bits per heavy atom. The van der Waals surface area contributed by atoms with Gasteiger partial charge in [0.2, 0.25) is 0 Å². The number of anilines is 1. The molecule has 112 valence electrons. The van der Waals surface area contributed by atoms with Crippen molar-refractivity contribution >= 4 is 21.7 Å². The lowest BCUT2D eigenvalue weighted by molar-refractivity contribution is 0.173. The maximum Gasteiger partial charge on any atom is 0.144 e. The number of halogens is 1. The largest absolute Gasteiger partial charge is 0.366 e. The molecule has 4 heteroatoms. The molecule has 1 aromatic heterocycles. The summed E-state index contributed by atoms with van der Waals surface area (Å²) in [5, 5.41) is 3.60. The average Bonchev–Trinajstić information content (AvgIpc) is 2.41. The van der Waals surface area contributed by atoms with E-state index in [1.54, 1.807) is 6.33 Å². The normalized spacial score (nSPS) is 23.6. The van der Waals surface area contributed by atoms with Crippen molar-refractivity contribution in [3.63, 3.8) is 0 Å². The SMILES string of the molecule is CCc1ncnc(N[C@H]2CC[C@@H](C(C)(C)C)CC2)c1Br. The number of nitrogens with one attached hydrogen (secondary N) is 1. The van der Waals surface area contributed by atoms with Crippen LogP contribution in [0.4, 0.5) is 5.82 Å². The molecule has 1 heterocycles. The van der Waals surface area contributed by atoms with E-state index in [0.29, 0.717) is 11.5 Å². The second-order valence-corrected chi connectivity index (χ2v) is 7.69. The maximum atomic E-state index is 4.38. The van der Waals surface area contributed by atoms with Crippen molar-refractivity contribution in [1.29, 1.82) is 0 Å². The topological polar surface area (TPSA) is 37.8 Å². The first-order chi connectivity index (χ1) is 9.41. The van der Waals surface area contributed by atoms with Crippen molar-refractivity contribution in [1.82, 2.24) is 9.97 Å². The molecule has 1 aromatic rings. The van der Waals surface area contributed by atoms with Crippen LogP contribution in [-0.4, -0.2) is 16.0 Å². The zero-order valence-electron chi connectivity index (χ0n) is 13.0. The predicted octanol–water partition coefficient (Wildman–Crippen LogP) is 4.82. The molecule has 0 aromatic carbocycles. The average molecular weight is 340 g/mol. The van der Waals surface area contributed by atoms with Crippen molar-refractivity contribution in [2.24, 2.45) is 11.3 Å². The molecule has 0 unspecified atom stereocenters. The maximum absolute atomic E-state index is 4.38. The van der Waals surface area contributed by atoms with Gasteiger partial charge in [0, 0.05) is 6.04 Å². The van der Waals surface area contributed by atoms with Gasteiger partial charge in [-0.2, -0.15) is 0 Å². The quantitative estimate of drug-likeness (QED) is 0.857. The zero-order valence-corrected chi connectivity index (χ0v) is 14.6. The molecule has 20 heavy (non-hydrogen) atoms. The molecule has 0 spiro atoms. The van der Waals surface area contributed by atoms with Crippen LogP contribution < -0.4 is 5.32 Å². The van der Waals surface area contributed by atoms with Gasteiger partial charge >= 0.3 is 0 Å². The minimum Gasteiger partial charge on any atom is -0.366 e. The first kappa shape index (κ1) is 15.7. The summed E-state index contributed by atoms with van der Waals surface area (Å²) in [5.74, 6) is 1.80. The van der Waals surface area contributed by atoms with Crippen LogP contribution in [0.1, 0.15) is 59.1 Å². The van der Waals surface area contributed by atoms with Gasteiger partial charge in [-0.05, 0) is 59.4 Å². The molecule has 1 saturated carbocycles. The number of aryl methyl sites for hydroxylation is 1. The molecule has 0 radical (unpaired) electrons. The molecule has 2 rings (SSSR count). The molecule has 0 atom stereocenters. The van der Waals surface area contributed by atoms with Gasteiger partial charge in [-0.1, -0.05) is 27.7 Å². The van der Waals surface area contributed by atoms with Crippen molar-refractivity contribution in [3.8, 4) is 0 Å². The number of rotatable bonds is 3. The molecule has 0 saturated heterocycles. The minimum atomic E-state index is 0.440. The van der Waals surface area contributed by atoms with Crippen LogP contribution in [0.25, 0.3) is 0 Å². The van der Waals surface area contributed by atoms with Gasteiger partial charge in [-0.15, -0.1) is 0 Å². The Kier molecular flexibility index (Phi) is 5.05. The third-order valence-corrected chi connectivity index (χ3v) is 5.32. The van der Waals surface area contributed by atoms with Gasteiger partial charge in [0.05, 0.1) is 10.2 Å². The van der Waals surface area contributed by atoms with Crippen molar-refractivity contribution in [2.75, 3.05) is 5.32 Å². The van der Waals surface area contributed by atoms with E-state index in [-0.39, 0.29) is 0 Å². The summed E-state index contributed by atoms with van der Waals surface area (Å²) in [6, 6.07) is 0.546. The summed E-state index contributed by atoms with van der Waals surface area (Å²) in [7, 11) is 0. The van der Waals surface area contributed by atoms with E-state index in [9.17, 15) is 0 Å². The van der Waals surface area contributed by atoms with Crippen LogP contribution >= 0.6 is 15.9 Å². The van der Waals surface area contributed by atoms with Gasteiger partial charge in [0.15, 0.2) is 0 Å². The number of nitrogens with zero attached hydrogens (tertiary/aromatic N) is 2.